The van der Waals surface area contributed by atoms with Gasteiger partial charge in [0.1, 0.15) is 18.3 Å². The molecule has 1 N–H and O–H groups in total. The van der Waals surface area contributed by atoms with Gasteiger partial charge in [-0.15, -0.1) is 0 Å². The number of rotatable bonds is 12. The zero-order valence-corrected chi connectivity index (χ0v) is 26.6. The minimum Gasteiger partial charge on any atom is -0.459 e. The molecule has 43 heavy (non-hydrogen) atoms. The van der Waals surface area contributed by atoms with Crippen molar-refractivity contribution in [3.05, 3.63) is 36.5 Å². The molecule has 10 nitrogen and oxygen atoms in total. The highest BCUT2D eigenvalue weighted by Crippen LogP contribution is 2.67. The van der Waals surface area contributed by atoms with Crippen molar-refractivity contribution in [3.63, 3.8) is 0 Å². The fraction of sp³-hybridized carbons (Fsp3) is 0.697. The van der Waals surface area contributed by atoms with E-state index < -0.39 is 71.5 Å². The van der Waals surface area contributed by atoms with Crippen LogP contribution in [0.25, 0.3) is 0 Å². The summed E-state index contributed by atoms with van der Waals surface area (Å²) >= 11 is 0. The van der Waals surface area contributed by atoms with Gasteiger partial charge in [0.25, 0.3) is 0 Å². The Labute approximate surface area is 254 Å². The van der Waals surface area contributed by atoms with Gasteiger partial charge in [-0.05, 0) is 49.5 Å². The average molecular weight is 605 g/mol. The second-order valence-electron chi connectivity index (χ2n) is 12.5. The molecular weight excluding hydrogens is 556 g/mol. The number of carbonyl (C=O) groups is 4. The molecule has 0 bridgehead atoms. The van der Waals surface area contributed by atoms with E-state index in [9.17, 15) is 24.3 Å². The first-order chi connectivity index (χ1) is 20.2. The first-order valence-electron chi connectivity index (χ1n) is 15.3. The fourth-order valence-corrected chi connectivity index (χ4v) is 7.05. The lowest BCUT2D eigenvalue weighted by Crippen LogP contribution is -2.68. The molecule has 1 saturated carbocycles. The second-order valence-corrected chi connectivity index (χ2v) is 12.5. The summed E-state index contributed by atoms with van der Waals surface area (Å²) < 4.78 is 29.5. The third-order valence-corrected chi connectivity index (χ3v) is 9.75. The molecule has 2 aliphatic carbocycles. The number of allylic oxidation sites excluding steroid dienone is 2. The number of hydrogen-bond donors (Lipinski definition) is 1. The molecule has 10 atom stereocenters. The molecule has 1 spiro atoms. The lowest BCUT2D eigenvalue weighted by atomic mass is 9.44. The molecule has 0 radical (unpaired) electrons. The van der Waals surface area contributed by atoms with Crippen molar-refractivity contribution in [2.45, 2.75) is 118 Å². The zero-order valence-electron chi connectivity index (χ0n) is 26.6. The third kappa shape index (κ3) is 6.60. The van der Waals surface area contributed by atoms with E-state index in [0.29, 0.717) is 31.3 Å². The minimum atomic E-state index is -1.49. The monoisotopic (exact) mass is 604 g/mol. The molecule has 1 aliphatic heterocycles. The number of ether oxygens (including phenoxy) is 5. The molecular formula is C33H48O10. The molecule has 2 fully saturated rings. The van der Waals surface area contributed by atoms with Crippen molar-refractivity contribution in [2.24, 2.45) is 28.6 Å². The predicted molar refractivity (Wildman–Crippen MR) is 157 cm³/mol. The smallest absolute Gasteiger partial charge is 0.309 e. The van der Waals surface area contributed by atoms with Crippen molar-refractivity contribution in [3.8, 4) is 0 Å². The van der Waals surface area contributed by atoms with Gasteiger partial charge in [-0.1, -0.05) is 59.4 Å². The van der Waals surface area contributed by atoms with Crippen molar-refractivity contribution in [2.75, 3.05) is 0 Å². The molecule has 1 saturated heterocycles. The summed E-state index contributed by atoms with van der Waals surface area (Å²) in [4.78, 5) is 50.6. The first kappa shape index (κ1) is 34.5. The van der Waals surface area contributed by atoms with E-state index in [1.165, 1.54) is 13.8 Å². The summed E-state index contributed by atoms with van der Waals surface area (Å²) in [5.74, 6) is -3.45. The zero-order chi connectivity index (χ0) is 32.3. The molecule has 2 unspecified atom stereocenters. The van der Waals surface area contributed by atoms with E-state index >= 15 is 0 Å². The highest BCUT2D eigenvalue weighted by molar-refractivity contribution is 5.72. The summed E-state index contributed by atoms with van der Waals surface area (Å²) in [5.41, 5.74) is -1.07. The minimum absolute atomic E-state index is 0.116. The normalized spacial score (nSPS) is 35.3. The molecule has 3 aliphatic rings. The van der Waals surface area contributed by atoms with Crippen LogP contribution >= 0.6 is 0 Å². The Hall–Kier alpha value is -2.98. The van der Waals surface area contributed by atoms with Gasteiger partial charge in [-0.2, -0.15) is 0 Å². The molecule has 1 heterocycles. The maximum Gasteiger partial charge on any atom is 0.309 e. The summed E-state index contributed by atoms with van der Waals surface area (Å²) in [6, 6.07) is 0. The maximum absolute atomic E-state index is 13.0. The Kier molecular flexibility index (Phi) is 11.0. The van der Waals surface area contributed by atoms with Crippen LogP contribution in [0, 0.1) is 28.6 Å². The molecule has 0 aromatic carbocycles. The topological polar surface area (TPSA) is 135 Å². The van der Waals surface area contributed by atoms with E-state index in [1.54, 1.807) is 19.1 Å². The Morgan fingerprint density at radius 2 is 1.77 bits per heavy atom. The Bertz CT molecular complexity index is 1140. The van der Waals surface area contributed by atoms with Crippen LogP contribution in [0.1, 0.15) is 87.0 Å². The number of aliphatic hydroxyl groups is 1. The van der Waals surface area contributed by atoms with Gasteiger partial charge < -0.3 is 24.1 Å². The van der Waals surface area contributed by atoms with Crippen molar-refractivity contribution >= 4 is 23.9 Å². The van der Waals surface area contributed by atoms with E-state index in [0.717, 1.165) is 5.57 Å². The average Bonchev–Trinajstić information content (AvgIpc) is 3.24. The van der Waals surface area contributed by atoms with Gasteiger partial charge in [0, 0.05) is 31.8 Å². The van der Waals surface area contributed by atoms with Crippen LogP contribution in [0.3, 0.4) is 0 Å². The van der Waals surface area contributed by atoms with Gasteiger partial charge in [-0.25, -0.2) is 0 Å². The summed E-state index contributed by atoms with van der Waals surface area (Å²) in [5, 5.41) is 12.3. The van der Waals surface area contributed by atoms with Crippen LogP contribution in [0.4, 0.5) is 0 Å². The van der Waals surface area contributed by atoms with E-state index in [1.807, 2.05) is 27.7 Å². The molecule has 240 valence electrons. The van der Waals surface area contributed by atoms with Gasteiger partial charge in [0.2, 0.25) is 12.6 Å². The van der Waals surface area contributed by atoms with E-state index in [4.69, 9.17) is 23.7 Å². The third-order valence-electron chi connectivity index (χ3n) is 9.75. The molecule has 0 aromatic rings. The quantitative estimate of drug-likeness (QED) is 0.141. The molecule has 3 rings (SSSR count). The lowest BCUT2D eigenvalue weighted by molar-refractivity contribution is -0.276. The van der Waals surface area contributed by atoms with Crippen LogP contribution < -0.4 is 0 Å². The summed E-state index contributed by atoms with van der Waals surface area (Å²) in [6.45, 7) is 19.9. The number of hydrogen-bond acceptors (Lipinski definition) is 10. The molecule has 0 aromatic heterocycles. The molecule has 0 amide bonds. The Morgan fingerprint density at radius 3 is 2.33 bits per heavy atom. The standard InChI is InChI=1S/C33H48O10/c1-10-13-26(36)42-30-24-16-23(41-29(38)19(5)12-3)17-25-32(9,15-14-18(4)11-2)20(6)27(39-21(7)34)28(37)33(24,25)31(43-30)40-22(8)35/h11,16,19-20,23,25,27-28,30-31,37H,2,4,10,12-15,17H2,1,3,5-9H3/t19?,20-,23+,25+,27+,28+,30+,31-,32-,33?/m0/s1. The van der Waals surface area contributed by atoms with Crippen molar-refractivity contribution < 1.29 is 48.0 Å². The number of esters is 4. The fourth-order valence-electron chi connectivity index (χ4n) is 7.05. The second kappa shape index (κ2) is 13.8. The van der Waals surface area contributed by atoms with Crippen LogP contribution in [0.15, 0.2) is 36.5 Å². The maximum atomic E-state index is 13.0. The largest absolute Gasteiger partial charge is 0.459 e. The highest BCUT2D eigenvalue weighted by Gasteiger charge is 2.74. The Morgan fingerprint density at radius 1 is 1.12 bits per heavy atom. The van der Waals surface area contributed by atoms with E-state index in [-0.39, 0.29) is 24.7 Å². The number of carbonyl (C=O) groups excluding carboxylic acids is 4. The SMILES string of the molecule is C=CC(=C)CC[C@@]1(C)[C@@H](C)[C@@H](OC(C)=O)[C@@H](O)C23C(=C[C@@H](OC(=O)C(C)CC)C[C@@H]21)[C@H](OC(=O)CCC)O[C@@H]3OC(C)=O. The van der Waals surface area contributed by atoms with Gasteiger partial charge in [0.15, 0.2) is 0 Å². The predicted octanol–water partition coefficient (Wildman–Crippen LogP) is 4.94. The van der Waals surface area contributed by atoms with Crippen LogP contribution in [-0.2, 0) is 42.9 Å². The number of aliphatic hydroxyl groups excluding tert-OH is 1. The van der Waals surface area contributed by atoms with Crippen LogP contribution in [0.5, 0.6) is 0 Å². The first-order valence-corrected chi connectivity index (χ1v) is 15.3. The summed E-state index contributed by atoms with van der Waals surface area (Å²) in [7, 11) is 0. The van der Waals surface area contributed by atoms with E-state index in [2.05, 4.69) is 13.2 Å². The van der Waals surface area contributed by atoms with Crippen LogP contribution in [0.2, 0.25) is 0 Å². The molecule has 10 heteroatoms. The van der Waals surface area contributed by atoms with Gasteiger partial charge in [-0.3, -0.25) is 23.9 Å². The van der Waals surface area contributed by atoms with Crippen molar-refractivity contribution in [1.29, 1.82) is 0 Å². The Balaban J connectivity index is 2.30. The lowest BCUT2D eigenvalue weighted by Gasteiger charge is -2.62. The van der Waals surface area contributed by atoms with Gasteiger partial charge >= 0.3 is 23.9 Å². The van der Waals surface area contributed by atoms with Gasteiger partial charge in [0.05, 0.1) is 11.3 Å². The highest BCUT2D eigenvalue weighted by atomic mass is 16.8. The van der Waals surface area contributed by atoms with Crippen molar-refractivity contribution in [1.82, 2.24) is 0 Å². The summed E-state index contributed by atoms with van der Waals surface area (Å²) in [6.07, 6.45) is 0.00749. The van der Waals surface area contributed by atoms with Crippen LogP contribution in [-0.4, -0.2) is 59.9 Å².